The van der Waals surface area contributed by atoms with Crippen LogP contribution in [0.5, 0.6) is 0 Å². The van der Waals surface area contributed by atoms with Crippen molar-refractivity contribution in [2.24, 2.45) is 5.84 Å². The van der Waals surface area contributed by atoms with Crippen molar-refractivity contribution >= 4 is 6.03 Å². The highest BCUT2D eigenvalue weighted by atomic mass is 16.3. The number of hydrazine groups is 1. The van der Waals surface area contributed by atoms with Gasteiger partial charge in [0.25, 0.3) is 0 Å². The number of aliphatic hydroxyl groups excluding tert-OH is 1. The van der Waals surface area contributed by atoms with Crippen molar-refractivity contribution in [3.8, 4) is 0 Å². The molecule has 0 aliphatic heterocycles. The lowest BCUT2D eigenvalue weighted by Gasteiger charge is -2.19. The lowest BCUT2D eigenvalue weighted by atomic mass is 10.4. The van der Waals surface area contributed by atoms with Crippen LogP contribution in [0.25, 0.3) is 0 Å². The standard InChI is InChI=1S/C5H13N3O2/c1-4(2)8(6)5(10)7-3-9/h4,9H,3,6H2,1-2H3,(H,7,10). The third kappa shape index (κ3) is 2.65. The molecular weight excluding hydrogens is 134 g/mol. The Balaban J connectivity index is 3.71. The molecule has 0 aliphatic rings. The maximum Gasteiger partial charge on any atom is 0.333 e. The van der Waals surface area contributed by atoms with Gasteiger partial charge < -0.3 is 10.4 Å². The minimum absolute atomic E-state index is 0.0634. The SMILES string of the molecule is CC(C)N(N)C(=O)NCO. The zero-order valence-electron chi connectivity index (χ0n) is 6.16. The number of nitrogens with two attached hydrogens (primary N) is 1. The van der Waals surface area contributed by atoms with E-state index in [2.05, 4.69) is 5.32 Å². The largest absolute Gasteiger partial charge is 0.376 e. The van der Waals surface area contributed by atoms with Crippen LogP contribution in [-0.4, -0.2) is 28.9 Å². The molecule has 4 N–H and O–H groups in total. The number of carbonyl (C=O) groups excluding carboxylic acids is 1. The first-order valence-corrected chi connectivity index (χ1v) is 3.02. The fourth-order valence-electron chi connectivity index (χ4n) is 0.393. The Kier molecular flexibility index (Phi) is 3.75. The second-order valence-corrected chi connectivity index (χ2v) is 2.14. The van der Waals surface area contributed by atoms with E-state index in [9.17, 15) is 4.79 Å². The molecule has 0 aromatic carbocycles. The van der Waals surface area contributed by atoms with Crippen LogP contribution in [0.1, 0.15) is 13.8 Å². The van der Waals surface area contributed by atoms with Crippen molar-refractivity contribution in [1.29, 1.82) is 0 Å². The van der Waals surface area contributed by atoms with Crippen molar-refractivity contribution in [1.82, 2.24) is 10.3 Å². The average Bonchev–Trinajstić information content (AvgIpc) is 1.87. The van der Waals surface area contributed by atoms with Crippen molar-refractivity contribution in [2.45, 2.75) is 19.9 Å². The molecule has 0 saturated heterocycles. The number of hydrogen-bond acceptors (Lipinski definition) is 3. The molecule has 5 nitrogen and oxygen atoms in total. The lowest BCUT2D eigenvalue weighted by Crippen LogP contribution is -2.48. The number of amides is 2. The van der Waals surface area contributed by atoms with E-state index in [-0.39, 0.29) is 12.8 Å². The van der Waals surface area contributed by atoms with Crippen LogP contribution in [0.3, 0.4) is 0 Å². The highest BCUT2D eigenvalue weighted by molar-refractivity contribution is 5.73. The van der Waals surface area contributed by atoms with Gasteiger partial charge >= 0.3 is 6.03 Å². The van der Waals surface area contributed by atoms with Gasteiger partial charge in [-0.2, -0.15) is 0 Å². The van der Waals surface area contributed by atoms with E-state index in [1.54, 1.807) is 13.8 Å². The summed E-state index contributed by atoms with van der Waals surface area (Å²) in [7, 11) is 0. The second kappa shape index (κ2) is 4.08. The summed E-state index contributed by atoms with van der Waals surface area (Å²) in [5.74, 6) is 5.26. The molecule has 0 aromatic rings. The summed E-state index contributed by atoms with van der Waals surface area (Å²) >= 11 is 0. The number of carbonyl (C=O) groups is 1. The zero-order chi connectivity index (χ0) is 8.15. The molecule has 0 fully saturated rings. The molecule has 0 bridgehead atoms. The van der Waals surface area contributed by atoms with Crippen LogP contribution in [0.2, 0.25) is 0 Å². The molecule has 0 saturated carbocycles. The van der Waals surface area contributed by atoms with E-state index in [0.29, 0.717) is 0 Å². The number of nitrogens with zero attached hydrogens (tertiary/aromatic N) is 1. The van der Waals surface area contributed by atoms with Crippen LogP contribution < -0.4 is 11.2 Å². The van der Waals surface area contributed by atoms with Crippen molar-refractivity contribution in [2.75, 3.05) is 6.73 Å². The van der Waals surface area contributed by atoms with E-state index in [1.165, 1.54) is 0 Å². The van der Waals surface area contributed by atoms with Gasteiger partial charge in [-0.25, -0.2) is 10.6 Å². The molecule has 0 heterocycles. The molecule has 0 radical (unpaired) electrons. The van der Waals surface area contributed by atoms with Crippen molar-refractivity contribution < 1.29 is 9.90 Å². The normalized spacial score (nSPS) is 9.70. The molecule has 5 heteroatoms. The molecule has 0 spiro atoms. The lowest BCUT2D eigenvalue weighted by molar-refractivity contribution is 0.169. The Morgan fingerprint density at radius 2 is 2.30 bits per heavy atom. The predicted octanol–water partition coefficient (Wildman–Crippen LogP) is -0.770. The van der Waals surface area contributed by atoms with E-state index in [4.69, 9.17) is 10.9 Å². The highest BCUT2D eigenvalue weighted by Crippen LogP contribution is 1.88. The third-order valence-corrected chi connectivity index (χ3v) is 1.02. The molecule has 0 rings (SSSR count). The summed E-state index contributed by atoms with van der Waals surface area (Å²) in [4.78, 5) is 10.7. The Hall–Kier alpha value is -0.810. The number of rotatable bonds is 2. The maximum atomic E-state index is 10.7. The molecule has 10 heavy (non-hydrogen) atoms. The summed E-state index contributed by atoms with van der Waals surface area (Å²) in [6, 6.07) is -0.538. The maximum absolute atomic E-state index is 10.7. The summed E-state index contributed by atoms with van der Waals surface area (Å²) < 4.78 is 0. The minimum atomic E-state index is -0.475. The average molecular weight is 147 g/mol. The second-order valence-electron chi connectivity index (χ2n) is 2.14. The first kappa shape index (κ1) is 9.19. The minimum Gasteiger partial charge on any atom is -0.376 e. The van der Waals surface area contributed by atoms with Crippen LogP contribution in [-0.2, 0) is 0 Å². The Labute approximate surface area is 59.8 Å². The van der Waals surface area contributed by atoms with Crippen LogP contribution in [0.15, 0.2) is 0 Å². The van der Waals surface area contributed by atoms with Gasteiger partial charge in [0, 0.05) is 6.04 Å². The van der Waals surface area contributed by atoms with Gasteiger partial charge in [-0.1, -0.05) is 0 Å². The Bertz CT molecular complexity index is 115. The van der Waals surface area contributed by atoms with Crippen LogP contribution in [0.4, 0.5) is 4.79 Å². The number of urea groups is 1. The number of hydrogen-bond donors (Lipinski definition) is 3. The van der Waals surface area contributed by atoms with Gasteiger partial charge in [0.15, 0.2) is 0 Å². The van der Waals surface area contributed by atoms with Crippen LogP contribution >= 0.6 is 0 Å². The summed E-state index contributed by atoms with van der Waals surface area (Å²) in [6.07, 6.45) is 0. The molecule has 0 atom stereocenters. The fraction of sp³-hybridized carbons (Fsp3) is 0.800. The molecule has 60 valence electrons. The molecular formula is C5H13N3O2. The smallest absolute Gasteiger partial charge is 0.333 e. The van der Waals surface area contributed by atoms with Gasteiger partial charge in [-0.3, -0.25) is 5.01 Å². The first-order chi connectivity index (χ1) is 4.59. The van der Waals surface area contributed by atoms with Crippen molar-refractivity contribution in [3.05, 3.63) is 0 Å². The number of aliphatic hydroxyl groups is 1. The van der Waals surface area contributed by atoms with Gasteiger partial charge in [-0.15, -0.1) is 0 Å². The van der Waals surface area contributed by atoms with Gasteiger partial charge in [0.1, 0.15) is 6.73 Å². The molecule has 0 aliphatic carbocycles. The Morgan fingerprint density at radius 3 is 2.60 bits per heavy atom. The predicted molar refractivity (Wildman–Crippen MR) is 36.8 cm³/mol. The monoisotopic (exact) mass is 147 g/mol. The quantitative estimate of drug-likeness (QED) is 0.208. The zero-order valence-corrected chi connectivity index (χ0v) is 6.16. The third-order valence-electron chi connectivity index (χ3n) is 1.02. The van der Waals surface area contributed by atoms with E-state index >= 15 is 0 Å². The fourth-order valence-corrected chi connectivity index (χ4v) is 0.393. The highest BCUT2D eigenvalue weighted by Gasteiger charge is 2.10. The summed E-state index contributed by atoms with van der Waals surface area (Å²) in [5.41, 5.74) is 0. The first-order valence-electron chi connectivity index (χ1n) is 3.02. The van der Waals surface area contributed by atoms with Crippen LogP contribution in [0, 0.1) is 0 Å². The number of nitrogens with one attached hydrogen (secondary N) is 1. The van der Waals surface area contributed by atoms with Crippen molar-refractivity contribution in [3.63, 3.8) is 0 Å². The molecule has 2 amide bonds. The summed E-state index contributed by atoms with van der Waals surface area (Å²) in [5, 5.41) is 11.4. The molecule has 0 aromatic heterocycles. The van der Waals surface area contributed by atoms with Gasteiger partial charge in [0.2, 0.25) is 0 Å². The Morgan fingerprint density at radius 1 is 1.80 bits per heavy atom. The van der Waals surface area contributed by atoms with E-state index in [0.717, 1.165) is 5.01 Å². The van der Waals surface area contributed by atoms with E-state index < -0.39 is 6.03 Å². The summed E-state index contributed by atoms with van der Waals surface area (Å²) in [6.45, 7) is 3.16. The van der Waals surface area contributed by atoms with Gasteiger partial charge in [-0.05, 0) is 13.8 Å². The molecule has 0 unspecified atom stereocenters. The van der Waals surface area contributed by atoms with E-state index in [1.807, 2.05) is 0 Å². The van der Waals surface area contributed by atoms with Gasteiger partial charge in [0.05, 0.1) is 0 Å². The topological polar surface area (TPSA) is 78.6 Å².